The number of hydrogen-bond acceptors (Lipinski definition) is 4. The van der Waals surface area contributed by atoms with E-state index in [0.29, 0.717) is 16.7 Å². The Labute approximate surface area is 125 Å². The smallest absolute Gasteiger partial charge is 0.293 e. The van der Waals surface area contributed by atoms with Gasteiger partial charge < -0.3 is 5.32 Å². The second-order valence-corrected chi connectivity index (χ2v) is 5.23. The maximum Gasteiger partial charge on any atom is 0.293 e. The molecule has 0 spiro atoms. The highest BCUT2D eigenvalue weighted by Crippen LogP contribution is 2.28. The van der Waals surface area contributed by atoms with Crippen LogP contribution in [0.3, 0.4) is 0 Å². The van der Waals surface area contributed by atoms with E-state index >= 15 is 0 Å². The van der Waals surface area contributed by atoms with Crippen LogP contribution in [-0.2, 0) is 13.1 Å². The highest BCUT2D eigenvalue weighted by atomic mass is 79.9. The van der Waals surface area contributed by atoms with Crippen molar-refractivity contribution >= 4 is 27.3 Å². The van der Waals surface area contributed by atoms with Gasteiger partial charge in [-0.3, -0.25) is 14.8 Å². The molecule has 0 fully saturated rings. The molecule has 7 heteroatoms. The quantitative estimate of drug-likeness (QED) is 0.645. The number of nitrogens with one attached hydrogen (secondary N) is 1. The molecule has 0 aliphatic carbocycles. The zero-order chi connectivity index (χ0) is 14.5. The molecule has 1 aromatic heterocycles. The minimum absolute atomic E-state index is 0.0564. The van der Waals surface area contributed by atoms with Crippen molar-refractivity contribution in [3.05, 3.63) is 50.7 Å². The minimum atomic E-state index is -0.392. The van der Waals surface area contributed by atoms with Crippen LogP contribution in [0.25, 0.3) is 0 Å². The Hall–Kier alpha value is -1.89. The molecule has 0 saturated carbocycles. The van der Waals surface area contributed by atoms with Crippen LogP contribution in [0.2, 0.25) is 0 Å². The van der Waals surface area contributed by atoms with Gasteiger partial charge in [-0.15, -0.1) is 0 Å². The Morgan fingerprint density at radius 2 is 2.25 bits per heavy atom. The summed E-state index contributed by atoms with van der Waals surface area (Å²) in [5.74, 6) is 0. The number of nitrogens with zero attached hydrogens (tertiary/aromatic N) is 3. The summed E-state index contributed by atoms with van der Waals surface area (Å²) in [6, 6.07) is 6.88. The van der Waals surface area contributed by atoms with E-state index in [0.717, 1.165) is 18.7 Å². The van der Waals surface area contributed by atoms with Gasteiger partial charge in [-0.2, -0.15) is 5.10 Å². The maximum absolute atomic E-state index is 11.0. The molecule has 1 N–H and O–H groups in total. The third-order valence-electron chi connectivity index (χ3n) is 2.86. The van der Waals surface area contributed by atoms with Crippen LogP contribution in [0.5, 0.6) is 0 Å². The van der Waals surface area contributed by atoms with Crippen LogP contribution in [0.4, 0.5) is 11.4 Å². The number of nitro benzene ring substituents is 1. The molecule has 0 atom stereocenters. The number of hydrogen-bond donors (Lipinski definition) is 1. The van der Waals surface area contributed by atoms with E-state index in [9.17, 15) is 10.1 Å². The largest absolute Gasteiger partial charge is 0.374 e. The number of benzene rings is 1. The van der Waals surface area contributed by atoms with Crippen LogP contribution in [0.1, 0.15) is 19.0 Å². The van der Waals surface area contributed by atoms with Crippen molar-refractivity contribution in [2.24, 2.45) is 0 Å². The topological polar surface area (TPSA) is 73.0 Å². The molecule has 6 nitrogen and oxygen atoms in total. The van der Waals surface area contributed by atoms with Crippen LogP contribution in [0.15, 0.2) is 34.9 Å². The average Bonchev–Trinajstić information content (AvgIpc) is 2.85. The predicted molar refractivity (Wildman–Crippen MR) is 80.6 cm³/mol. The van der Waals surface area contributed by atoms with Crippen LogP contribution in [0, 0.1) is 10.1 Å². The summed E-state index contributed by atoms with van der Waals surface area (Å²) in [4.78, 5) is 10.6. The number of aryl methyl sites for hydroxylation is 1. The fourth-order valence-corrected chi connectivity index (χ4v) is 2.26. The Balaban J connectivity index is 2.14. The standard InChI is InChI=1S/C13H15BrN4O2/c1-2-7-17-11(5-6-16-17)9-15-12-4-3-10(14)8-13(12)18(19)20/h3-6,8,15H,2,7,9H2,1H3. The fourth-order valence-electron chi connectivity index (χ4n) is 1.91. The normalized spacial score (nSPS) is 10.5. The van der Waals surface area contributed by atoms with Gasteiger partial charge in [0.25, 0.3) is 5.69 Å². The van der Waals surface area contributed by atoms with Gasteiger partial charge in [0, 0.05) is 23.3 Å². The molecule has 2 aromatic rings. The SMILES string of the molecule is CCCn1nccc1CNc1ccc(Br)cc1[N+](=O)[O-]. The van der Waals surface area contributed by atoms with Crippen LogP contribution < -0.4 is 5.32 Å². The molecule has 0 aliphatic rings. The van der Waals surface area contributed by atoms with Crippen molar-refractivity contribution in [1.29, 1.82) is 0 Å². The molecular weight excluding hydrogens is 324 g/mol. The molecule has 1 heterocycles. The number of halogens is 1. The second-order valence-electron chi connectivity index (χ2n) is 4.32. The third-order valence-corrected chi connectivity index (χ3v) is 3.35. The Morgan fingerprint density at radius 3 is 2.95 bits per heavy atom. The van der Waals surface area contributed by atoms with Gasteiger partial charge in [0.2, 0.25) is 0 Å². The lowest BCUT2D eigenvalue weighted by atomic mass is 10.2. The van der Waals surface area contributed by atoms with E-state index in [1.807, 2.05) is 10.7 Å². The molecule has 0 radical (unpaired) electrons. The van der Waals surface area contributed by atoms with Crippen molar-refractivity contribution in [3.8, 4) is 0 Å². The lowest BCUT2D eigenvalue weighted by Gasteiger charge is -2.09. The molecule has 106 valence electrons. The zero-order valence-corrected chi connectivity index (χ0v) is 12.6. The van der Waals surface area contributed by atoms with E-state index in [-0.39, 0.29) is 5.69 Å². The predicted octanol–water partition coefficient (Wildman–Crippen LogP) is 3.58. The number of nitro groups is 1. The summed E-state index contributed by atoms with van der Waals surface area (Å²) in [5.41, 5.74) is 1.56. The molecule has 0 amide bonds. The minimum Gasteiger partial charge on any atom is -0.374 e. The molecule has 0 bridgehead atoms. The molecule has 1 aromatic carbocycles. The average molecular weight is 339 g/mol. The second kappa shape index (κ2) is 6.51. The number of anilines is 1. The molecule has 0 aliphatic heterocycles. The van der Waals surface area contributed by atoms with Gasteiger partial charge in [-0.1, -0.05) is 22.9 Å². The summed E-state index contributed by atoms with van der Waals surface area (Å²) < 4.78 is 2.59. The van der Waals surface area contributed by atoms with Crippen molar-refractivity contribution < 1.29 is 4.92 Å². The van der Waals surface area contributed by atoms with E-state index < -0.39 is 4.92 Å². The van der Waals surface area contributed by atoms with Gasteiger partial charge in [-0.05, 0) is 24.6 Å². The van der Waals surface area contributed by atoms with Gasteiger partial charge in [0.1, 0.15) is 5.69 Å². The first-order valence-electron chi connectivity index (χ1n) is 6.30. The van der Waals surface area contributed by atoms with Gasteiger partial charge in [0.15, 0.2) is 0 Å². The highest BCUT2D eigenvalue weighted by Gasteiger charge is 2.14. The van der Waals surface area contributed by atoms with E-state index in [2.05, 4.69) is 33.3 Å². The van der Waals surface area contributed by atoms with Crippen molar-refractivity contribution in [3.63, 3.8) is 0 Å². The van der Waals surface area contributed by atoms with Crippen LogP contribution in [-0.4, -0.2) is 14.7 Å². The van der Waals surface area contributed by atoms with Gasteiger partial charge in [0.05, 0.1) is 17.2 Å². The maximum atomic E-state index is 11.0. The molecule has 0 unspecified atom stereocenters. The fraction of sp³-hybridized carbons (Fsp3) is 0.308. The van der Waals surface area contributed by atoms with Crippen molar-refractivity contribution in [1.82, 2.24) is 9.78 Å². The highest BCUT2D eigenvalue weighted by molar-refractivity contribution is 9.10. The van der Waals surface area contributed by atoms with E-state index in [1.54, 1.807) is 18.3 Å². The Bertz CT molecular complexity index is 612. The Kier molecular flexibility index (Phi) is 4.73. The lowest BCUT2D eigenvalue weighted by molar-refractivity contribution is -0.384. The molecular formula is C13H15BrN4O2. The summed E-state index contributed by atoms with van der Waals surface area (Å²) >= 11 is 3.24. The first-order valence-corrected chi connectivity index (χ1v) is 7.09. The molecule has 0 saturated heterocycles. The van der Waals surface area contributed by atoms with E-state index in [4.69, 9.17) is 0 Å². The van der Waals surface area contributed by atoms with Crippen LogP contribution >= 0.6 is 15.9 Å². The van der Waals surface area contributed by atoms with Crippen molar-refractivity contribution in [2.45, 2.75) is 26.4 Å². The summed E-state index contributed by atoms with van der Waals surface area (Å²) in [6.07, 6.45) is 2.73. The first kappa shape index (κ1) is 14.5. The van der Waals surface area contributed by atoms with Gasteiger partial charge in [-0.25, -0.2) is 0 Å². The number of rotatable bonds is 6. The molecule has 20 heavy (non-hydrogen) atoms. The molecule has 2 rings (SSSR count). The lowest BCUT2D eigenvalue weighted by Crippen LogP contribution is -2.09. The van der Waals surface area contributed by atoms with Gasteiger partial charge >= 0.3 is 0 Å². The Morgan fingerprint density at radius 1 is 1.45 bits per heavy atom. The number of aromatic nitrogens is 2. The zero-order valence-electron chi connectivity index (χ0n) is 11.0. The summed E-state index contributed by atoms with van der Waals surface area (Å²) in [7, 11) is 0. The third kappa shape index (κ3) is 3.36. The summed E-state index contributed by atoms with van der Waals surface area (Å²) in [6.45, 7) is 3.42. The first-order chi connectivity index (χ1) is 9.61. The monoisotopic (exact) mass is 338 g/mol. The van der Waals surface area contributed by atoms with Crippen molar-refractivity contribution in [2.75, 3.05) is 5.32 Å². The van der Waals surface area contributed by atoms with E-state index in [1.165, 1.54) is 6.07 Å². The summed E-state index contributed by atoms with van der Waals surface area (Å²) in [5, 5.41) is 18.4.